The van der Waals surface area contributed by atoms with E-state index in [0.717, 1.165) is 12.2 Å². The fraction of sp³-hybridized carbons (Fsp3) is 0.625. The summed E-state index contributed by atoms with van der Waals surface area (Å²) in [5, 5.41) is 4.20. The summed E-state index contributed by atoms with van der Waals surface area (Å²) in [7, 11) is 0. The van der Waals surface area contributed by atoms with Gasteiger partial charge in [0.15, 0.2) is 0 Å². The molecule has 0 atom stereocenters. The van der Waals surface area contributed by atoms with Crippen molar-refractivity contribution in [1.82, 2.24) is 15.2 Å². The van der Waals surface area contributed by atoms with Crippen molar-refractivity contribution in [2.45, 2.75) is 26.9 Å². The van der Waals surface area contributed by atoms with Gasteiger partial charge in [0, 0.05) is 12.7 Å². The first-order valence-corrected chi connectivity index (χ1v) is 4.18. The van der Waals surface area contributed by atoms with Crippen LogP contribution in [0.15, 0.2) is 12.3 Å². The molecule has 0 spiro atoms. The number of hydrogen-bond donors (Lipinski definition) is 2. The molecule has 0 aliphatic heterocycles. The van der Waals surface area contributed by atoms with Gasteiger partial charge in [-0.05, 0) is 12.0 Å². The lowest BCUT2D eigenvalue weighted by Crippen LogP contribution is -2.23. The molecule has 3 N–H and O–H groups in total. The lowest BCUT2D eigenvalue weighted by Gasteiger charge is -2.08. The van der Waals surface area contributed by atoms with Crippen LogP contribution in [0.2, 0.25) is 0 Å². The fourth-order valence-corrected chi connectivity index (χ4v) is 1.13. The van der Waals surface area contributed by atoms with E-state index in [0.29, 0.717) is 12.5 Å². The molecule has 12 heavy (non-hydrogen) atoms. The Kier molecular flexibility index (Phi) is 3.25. The Balaban J connectivity index is 2.63. The van der Waals surface area contributed by atoms with Crippen molar-refractivity contribution in [3.05, 3.63) is 18.0 Å². The third-order valence-corrected chi connectivity index (χ3v) is 1.63. The highest BCUT2D eigenvalue weighted by Gasteiger charge is 2.02. The van der Waals surface area contributed by atoms with Gasteiger partial charge in [-0.1, -0.05) is 13.8 Å². The number of nitrogens with zero attached hydrogens (tertiary/aromatic N) is 2. The maximum atomic E-state index is 5.23. The van der Waals surface area contributed by atoms with E-state index in [-0.39, 0.29) is 0 Å². The molecule has 0 aliphatic rings. The Morgan fingerprint density at radius 2 is 2.42 bits per heavy atom. The molecule has 0 saturated heterocycles. The second kappa shape index (κ2) is 4.23. The van der Waals surface area contributed by atoms with E-state index in [2.05, 4.69) is 24.4 Å². The van der Waals surface area contributed by atoms with Crippen LogP contribution in [0.25, 0.3) is 0 Å². The molecule has 0 fully saturated rings. The SMILES string of the molecule is CC(C)Cn1nccc1CNN. The van der Waals surface area contributed by atoms with Crippen LogP contribution in [0.1, 0.15) is 19.5 Å². The topological polar surface area (TPSA) is 55.9 Å². The highest BCUT2D eigenvalue weighted by molar-refractivity contribution is 4.99. The molecule has 68 valence electrons. The van der Waals surface area contributed by atoms with Crippen molar-refractivity contribution in [2.24, 2.45) is 11.8 Å². The van der Waals surface area contributed by atoms with E-state index in [1.165, 1.54) is 0 Å². The Morgan fingerprint density at radius 1 is 1.67 bits per heavy atom. The molecular weight excluding hydrogens is 152 g/mol. The van der Waals surface area contributed by atoms with E-state index in [9.17, 15) is 0 Å². The van der Waals surface area contributed by atoms with Crippen LogP contribution in [0.3, 0.4) is 0 Å². The summed E-state index contributed by atoms with van der Waals surface area (Å²) in [5.74, 6) is 5.84. The zero-order valence-corrected chi connectivity index (χ0v) is 7.62. The summed E-state index contributed by atoms with van der Waals surface area (Å²) in [4.78, 5) is 0. The molecule has 1 rings (SSSR count). The van der Waals surface area contributed by atoms with Gasteiger partial charge in [0.1, 0.15) is 0 Å². The van der Waals surface area contributed by atoms with E-state index in [4.69, 9.17) is 5.84 Å². The Bertz CT molecular complexity index is 229. The van der Waals surface area contributed by atoms with E-state index in [1.54, 1.807) is 6.20 Å². The van der Waals surface area contributed by atoms with Crippen molar-refractivity contribution in [3.63, 3.8) is 0 Å². The quantitative estimate of drug-likeness (QED) is 0.508. The van der Waals surface area contributed by atoms with Gasteiger partial charge in [0.2, 0.25) is 0 Å². The first-order chi connectivity index (χ1) is 5.74. The fourth-order valence-electron chi connectivity index (χ4n) is 1.13. The van der Waals surface area contributed by atoms with Gasteiger partial charge in [-0.2, -0.15) is 5.10 Å². The third-order valence-electron chi connectivity index (χ3n) is 1.63. The normalized spacial score (nSPS) is 11.0. The molecule has 0 amide bonds. The Morgan fingerprint density at radius 3 is 3.00 bits per heavy atom. The molecule has 1 aromatic rings. The van der Waals surface area contributed by atoms with Crippen molar-refractivity contribution < 1.29 is 0 Å². The second-order valence-corrected chi connectivity index (χ2v) is 3.28. The van der Waals surface area contributed by atoms with Gasteiger partial charge < -0.3 is 0 Å². The molecule has 0 unspecified atom stereocenters. The average molecular weight is 168 g/mol. The summed E-state index contributed by atoms with van der Waals surface area (Å²) in [6.45, 7) is 5.96. The number of aromatic nitrogens is 2. The minimum absolute atomic E-state index is 0.612. The van der Waals surface area contributed by atoms with Gasteiger partial charge >= 0.3 is 0 Å². The number of nitrogens with one attached hydrogen (secondary N) is 1. The zero-order chi connectivity index (χ0) is 8.97. The molecule has 0 saturated carbocycles. The van der Waals surface area contributed by atoms with Crippen molar-refractivity contribution in [2.75, 3.05) is 0 Å². The van der Waals surface area contributed by atoms with Crippen LogP contribution in [0.4, 0.5) is 0 Å². The first kappa shape index (κ1) is 9.22. The van der Waals surface area contributed by atoms with Crippen molar-refractivity contribution in [3.8, 4) is 0 Å². The molecule has 4 heteroatoms. The minimum atomic E-state index is 0.612. The van der Waals surface area contributed by atoms with Gasteiger partial charge in [-0.3, -0.25) is 16.0 Å². The monoisotopic (exact) mass is 168 g/mol. The molecule has 1 heterocycles. The number of nitrogens with two attached hydrogens (primary N) is 1. The third kappa shape index (κ3) is 2.32. The summed E-state index contributed by atoms with van der Waals surface area (Å²) < 4.78 is 1.98. The van der Waals surface area contributed by atoms with Crippen LogP contribution in [0, 0.1) is 5.92 Å². The maximum absolute atomic E-state index is 5.23. The Hall–Kier alpha value is -0.870. The highest BCUT2D eigenvalue weighted by Crippen LogP contribution is 2.02. The molecule has 1 aromatic heterocycles. The van der Waals surface area contributed by atoms with E-state index >= 15 is 0 Å². The van der Waals surface area contributed by atoms with Crippen LogP contribution in [-0.2, 0) is 13.1 Å². The maximum Gasteiger partial charge on any atom is 0.0536 e. The zero-order valence-electron chi connectivity index (χ0n) is 7.62. The summed E-state index contributed by atoms with van der Waals surface area (Å²) in [6, 6.07) is 1.97. The summed E-state index contributed by atoms with van der Waals surface area (Å²) >= 11 is 0. The highest BCUT2D eigenvalue weighted by atomic mass is 15.3. The molecule has 0 aliphatic carbocycles. The van der Waals surface area contributed by atoms with E-state index < -0.39 is 0 Å². The largest absolute Gasteiger partial charge is 0.271 e. The molecule has 4 nitrogen and oxygen atoms in total. The van der Waals surface area contributed by atoms with Crippen LogP contribution in [0.5, 0.6) is 0 Å². The van der Waals surface area contributed by atoms with Gasteiger partial charge in [-0.25, -0.2) is 0 Å². The summed E-state index contributed by atoms with van der Waals surface area (Å²) in [6.07, 6.45) is 1.80. The molecule has 0 bridgehead atoms. The van der Waals surface area contributed by atoms with Crippen molar-refractivity contribution >= 4 is 0 Å². The van der Waals surface area contributed by atoms with Crippen LogP contribution >= 0.6 is 0 Å². The number of hydrazine groups is 1. The van der Waals surface area contributed by atoms with E-state index in [1.807, 2.05) is 10.7 Å². The first-order valence-electron chi connectivity index (χ1n) is 4.18. The average Bonchev–Trinajstić information content (AvgIpc) is 2.37. The molecular formula is C8H16N4. The molecule has 0 radical (unpaired) electrons. The van der Waals surface area contributed by atoms with Crippen LogP contribution < -0.4 is 11.3 Å². The van der Waals surface area contributed by atoms with Gasteiger partial charge in [-0.15, -0.1) is 0 Å². The number of hydrogen-bond acceptors (Lipinski definition) is 3. The van der Waals surface area contributed by atoms with Gasteiger partial charge in [0.25, 0.3) is 0 Å². The lowest BCUT2D eigenvalue weighted by atomic mass is 10.2. The second-order valence-electron chi connectivity index (χ2n) is 3.28. The lowest BCUT2D eigenvalue weighted by molar-refractivity contribution is 0.462. The van der Waals surface area contributed by atoms with Gasteiger partial charge in [0.05, 0.1) is 12.2 Å². The van der Waals surface area contributed by atoms with Crippen molar-refractivity contribution in [1.29, 1.82) is 0 Å². The predicted octanol–water partition coefficient (Wildman–Crippen LogP) is 0.502. The minimum Gasteiger partial charge on any atom is -0.271 e. The number of rotatable bonds is 4. The molecule has 0 aromatic carbocycles. The predicted molar refractivity (Wildman–Crippen MR) is 48.1 cm³/mol. The Labute approximate surface area is 72.7 Å². The summed E-state index contributed by atoms with van der Waals surface area (Å²) in [5.41, 5.74) is 3.75. The standard InChI is InChI=1S/C8H16N4/c1-7(2)6-12-8(5-10-9)3-4-11-12/h3-4,7,10H,5-6,9H2,1-2H3. The smallest absolute Gasteiger partial charge is 0.0536 e. The van der Waals surface area contributed by atoms with Crippen LogP contribution in [-0.4, -0.2) is 9.78 Å².